The number of rotatable bonds is 5. The molecule has 4 nitrogen and oxygen atoms in total. The van der Waals surface area contributed by atoms with E-state index in [1.807, 2.05) is 0 Å². The van der Waals surface area contributed by atoms with E-state index in [0.717, 1.165) is 31.3 Å². The molecule has 0 aliphatic heterocycles. The van der Waals surface area contributed by atoms with Crippen LogP contribution < -0.4 is 0 Å². The molecule has 0 radical (unpaired) electrons. The zero-order valence-electron chi connectivity index (χ0n) is 21.3. The van der Waals surface area contributed by atoms with Crippen molar-refractivity contribution in [2.75, 3.05) is 0 Å². The molecule has 6 heteroatoms. The summed E-state index contributed by atoms with van der Waals surface area (Å²) < 4.78 is 24.3. The fraction of sp³-hybridized carbons (Fsp3) is 0.643. The molecule has 0 heterocycles. The van der Waals surface area contributed by atoms with Gasteiger partial charge in [-0.1, -0.05) is 67.5 Å². The highest BCUT2D eigenvalue weighted by atomic mass is 35.5. The molecule has 2 N–H and O–H groups in total. The van der Waals surface area contributed by atoms with Gasteiger partial charge in [0.1, 0.15) is 4.36 Å². The van der Waals surface area contributed by atoms with E-state index in [0.29, 0.717) is 30.8 Å². The average molecular weight is 509 g/mol. The first kappa shape index (κ1) is 27.4. The number of hydrogen-bond acceptors (Lipinski definition) is 4. The Hall–Kier alpha value is -1.14. The van der Waals surface area contributed by atoms with E-state index in [-0.39, 0.29) is 15.7 Å². The first-order valence-electron chi connectivity index (χ1n) is 12.4. The zero-order valence-corrected chi connectivity index (χ0v) is 22.8. The lowest BCUT2D eigenvalue weighted by Crippen LogP contribution is -2.32. The van der Waals surface area contributed by atoms with Gasteiger partial charge in [0, 0.05) is 6.42 Å². The molecule has 34 heavy (non-hydrogen) atoms. The Morgan fingerprint density at radius 3 is 2.65 bits per heavy atom. The van der Waals surface area contributed by atoms with Gasteiger partial charge in [0.05, 0.1) is 17.0 Å². The second-order valence-corrected chi connectivity index (χ2v) is 14.9. The van der Waals surface area contributed by atoms with Crippen LogP contribution in [0.25, 0.3) is 0 Å². The highest BCUT2D eigenvalue weighted by Crippen LogP contribution is 2.57. The summed E-state index contributed by atoms with van der Waals surface area (Å²) in [5.41, 5.74) is 4.51. The van der Waals surface area contributed by atoms with Crippen LogP contribution in [-0.4, -0.2) is 35.6 Å². The fourth-order valence-electron chi connectivity index (χ4n) is 5.88. The number of hydrogen-bond donors (Lipinski definition) is 2. The van der Waals surface area contributed by atoms with Gasteiger partial charge in [-0.15, -0.1) is 0 Å². The summed E-state index contributed by atoms with van der Waals surface area (Å²) in [6.07, 6.45) is 12.8. The number of halogens is 1. The minimum absolute atomic E-state index is 0.0494. The normalized spacial score (nSPS) is 34.4. The topological polar surface area (TPSA) is 74.6 Å². The maximum Gasteiger partial charge on any atom is 0.193 e. The molecule has 2 fully saturated rings. The number of aliphatic hydroxyl groups is 2. The van der Waals surface area contributed by atoms with Crippen LogP contribution in [0.2, 0.25) is 0 Å². The summed E-state index contributed by atoms with van der Waals surface area (Å²) in [5, 5.41) is 20.2. The molecule has 0 spiro atoms. The van der Waals surface area contributed by atoms with E-state index < -0.39 is 26.8 Å². The Kier molecular flexibility index (Phi) is 8.14. The third-order valence-electron chi connectivity index (χ3n) is 8.10. The molecular weight excluding hydrogens is 468 g/mol. The maximum absolute atomic E-state index is 12.6. The largest absolute Gasteiger partial charge is 0.393 e. The first-order valence-corrected chi connectivity index (χ1v) is 14.3. The standard InChI is InChI=1S/C28H41ClO4S/c1-18(9-14-26(29)34(32,33)27(3,4)5)23-12-13-24-20(8-7-15-28(23,24)6)10-11-21-16-22(30)17-25(31)19(21)2/h10-12,14,18,22,24-25,30-31H,2,7-9,13,15-17H2,1,3-6H3/b20-10+,21-11-,26-14-/t18-,22-,24+,25+,28-/m1/s1. The highest BCUT2D eigenvalue weighted by molar-refractivity contribution is 7.98. The molecule has 0 amide bonds. The predicted octanol–water partition coefficient (Wildman–Crippen LogP) is 6.37. The van der Waals surface area contributed by atoms with Gasteiger partial charge in [0.15, 0.2) is 9.84 Å². The van der Waals surface area contributed by atoms with Gasteiger partial charge in [0.25, 0.3) is 0 Å². The Morgan fingerprint density at radius 2 is 2.00 bits per heavy atom. The molecule has 3 aliphatic carbocycles. The van der Waals surface area contributed by atoms with E-state index in [9.17, 15) is 18.6 Å². The second-order valence-electron chi connectivity index (χ2n) is 11.5. The number of sulfone groups is 1. The van der Waals surface area contributed by atoms with Crippen molar-refractivity contribution >= 4 is 21.4 Å². The van der Waals surface area contributed by atoms with Crippen molar-refractivity contribution in [2.24, 2.45) is 17.3 Å². The quantitative estimate of drug-likeness (QED) is 0.423. The van der Waals surface area contributed by atoms with Gasteiger partial charge in [-0.25, -0.2) is 8.42 Å². The molecule has 0 bridgehead atoms. The molecule has 3 aliphatic rings. The molecule has 0 unspecified atom stereocenters. The number of allylic oxidation sites excluding steroid dienone is 6. The zero-order chi connectivity index (χ0) is 25.5. The first-order chi connectivity index (χ1) is 15.7. The summed E-state index contributed by atoms with van der Waals surface area (Å²) >= 11 is 6.25. The van der Waals surface area contributed by atoms with Crippen molar-refractivity contribution in [3.05, 3.63) is 57.5 Å². The van der Waals surface area contributed by atoms with Crippen LogP contribution >= 0.6 is 11.6 Å². The summed E-state index contributed by atoms with van der Waals surface area (Å²) in [5.74, 6) is 0.625. The lowest BCUT2D eigenvalue weighted by atomic mass is 9.62. The SMILES string of the molecule is C=C1/C(=C\C=C2/CCC[C@]3(C)C([C@H](C)C/C=C(/Cl)S(=O)(=O)C(C)(C)C)=CC[C@@H]23)C[C@@H](O)C[C@@H]1O. The Bertz CT molecular complexity index is 1040. The van der Waals surface area contributed by atoms with Crippen molar-refractivity contribution in [2.45, 2.75) is 96.5 Å². The highest BCUT2D eigenvalue weighted by Gasteiger charge is 2.46. The van der Waals surface area contributed by atoms with Crippen LogP contribution in [0.3, 0.4) is 0 Å². The second kappa shape index (κ2) is 10.1. The molecular formula is C28H41ClO4S. The molecule has 190 valence electrons. The van der Waals surface area contributed by atoms with E-state index in [1.54, 1.807) is 26.8 Å². The minimum atomic E-state index is -3.52. The summed E-state index contributed by atoms with van der Waals surface area (Å²) in [6.45, 7) is 13.5. The Balaban J connectivity index is 1.77. The molecule has 5 atom stereocenters. The van der Waals surface area contributed by atoms with Crippen LogP contribution in [-0.2, 0) is 9.84 Å². The number of fused-ring (bicyclic) bond motifs is 1. The molecule has 0 saturated heterocycles. The van der Waals surface area contributed by atoms with Gasteiger partial charge in [-0.2, -0.15) is 0 Å². The minimum Gasteiger partial charge on any atom is -0.393 e. The van der Waals surface area contributed by atoms with Gasteiger partial charge in [0.2, 0.25) is 0 Å². The van der Waals surface area contributed by atoms with Crippen molar-refractivity contribution in [3.63, 3.8) is 0 Å². The maximum atomic E-state index is 12.6. The molecule has 2 saturated carbocycles. The summed E-state index contributed by atoms with van der Waals surface area (Å²) in [6, 6.07) is 0. The van der Waals surface area contributed by atoms with Gasteiger partial charge in [-0.3, -0.25) is 0 Å². The van der Waals surface area contributed by atoms with E-state index in [2.05, 4.69) is 38.7 Å². The van der Waals surface area contributed by atoms with Crippen molar-refractivity contribution < 1.29 is 18.6 Å². The van der Waals surface area contributed by atoms with Crippen molar-refractivity contribution in [1.82, 2.24) is 0 Å². The number of aliphatic hydroxyl groups excluding tert-OH is 2. The van der Waals surface area contributed by atoms with Crippen molar-refractivity contribution in [1.29, 1.82) is 0 Å². The smallest absolute Gasteiger partial charge is 0.193 e. The average Bonchev–Trinajstić information content (AvgIpc) is 3.09. The van der Waals surface area contributed by atoms with Crippen LogP contribution in [0.15, 0.2) is 57.5 Å². The lowest BCUT2D eigenvalue weighted by molar-refractivity contribution is 0.0862. The Labute approximate surface area is 211 Å². The summed E-state index contributed by atoms with van der Waals surface area (Å²) in [4.78, 5) is 0. The monoisotopic (exact) mass is 508 g/mol. The predicted molar refractivity (Wildman–Crippen MR) is 141 cm³/mol. The van der Waals surface area contributed by atoms with Gasteiger partial charge in [-0.05, 0) is 87.7 Å². The third-order valence-corrected chi connectivity index (χ3v) is 11.2. The third kappa shape index (κ3) is 5.33. The van der Waals surface area contributed by atoms with Crippen LogP contribution in [0.1, 0.15) is 79.6 Å². The van der Waals surface area contributed by atoms with Crippen LogP contribution in [0, 0.1) is 17.3 Å². The lowest BCUT2D eigenvalue weighted by Gasteiger charge is -2.42. The van der Waals surface area contributed by atoms with E-state index in [4.69, 9.17) is 11.6 Å². The van der Waals surface area contributed by atoms with E-state index >= 15 is 0 Å². The van der Waals surface area contributed by atoms with Crippen molar-refractivity contribution in [3.8, 4) is 0 Å². The van der Waals surface area contributed by atoms with E-state index in [1.165, 1.54) is 11.1 Å². The fourth-order valence-corrected chi connectivity index (χ4v) is 7.56. The molecule has 0 aromatic carbocycles. The Morgan fingerprint density at radius 1 is 1.32 bits per heavy atom. The molecule has 0 aromatic rings. The molecule has 3 rings (SSSR count). The summed E-state index contributed by atoms with van der Waals surface area (Å²) in [7, 11) is -3.52. The molecule has 0 aromatic heterocycles. The van der Waals surface area contributed by atoms with Crippen LogP contribution in [0.5, 0.6) is 0 Å². The van der Waals surface area contributed by atoms with Gasteiger partial charge >= 0.3 is 0 Å². The van der Waals surface area contributed by atoms with Crippen LogP contribution in [0.4, 0.5) is 0 Å². The van der Waals surface area contributed by atoms with Gasteiger partial charge < -0.3 is 10.2 Å².